The van der Waals surface area contributed by atoms with Crippen LogP contribution in [0.15, 0.2) is 18.2 Å². The molecule has 1 aliphatic carbocycles. The van der Waals surface area contributed by atoms with Crippen molar-refractivity contribution in [1.82, 2.24) is 5.32 Å². The molecule has 0 amide bonds. The fourth-order valence-electron chi connectivity index (χ4n) is 2.49. The topological polar surface area (TPSA) is 21.3 Å². The van der Waals surface area contributed by atoms with Crippen molar-refractivity contribution < 1.29 is 4.74 Å². The average Bonchev–Trinajstić information content (AvgIpc) is 2.79. The van der Waals surface area contributed by atoms with Crippen molar-refractivity contribution >= 4 is 11.6 Å². The fourth-order valence-corrected chi connectivity index (χ4v) is 2.66. The molecule has 1 aromatic carbocycles. The van der Waals surface area contributed by atoms with Gasteiger partial charge < -0.3 is 10.1 Å². The highest BCUT2D eigenvalue weighted by molar-refractivity contribution is 6.30. The summed E-state index contributed by atoms with van der Waals surface area (Å²) in [7, 11) is 0. The second kappa shape index (κ2) is 6.44. The molecular weight excluding hydrogens is 246 g/mol. The van der Waals surface area contributed by atoms with Crippen LogP contribution in [0.5, 0.6) is 5.75 Å². The van der Waals surface area contributed by atoms with Crippen molar-refractivity contribution in [3.8, 4) is 5.75 Å². The van der Waals surface area contributed by atoms with E-state index in [-0.39, 0.29) is 6.10 Å². The van der Waals surface area contributed by atoms with E-state index in [1.165, 1.54) is 19.3 Å². The Morgan fingerprint density at radius 1 is 1.39 bits per heavy atom. The lowest BCUT2D eigenvalue weighted by atomic mass is 10.2. The van der Waals surface area contributed by atoms with Gasteiger partial charge in [-0.2, -0.15) is 0 Å². The third-order valence-electron chi connectivity index (χ3n) is 3.54. The van der Waals surface area contributed by atoms with Gasteiger partial charge in [-0.3, -0.25) is 0 Å². The summed E-state index contributed by atoms with van der Waals surface area (Å²) in [5, 5.41) is 4.32. The van der Waals surface area contributed by atoms with Gasteiger partial charge in [0, 0.05) is 11.1 Å². The summed E-state index contributed by atoms with van der Waals surface area (Å²) in [6.07, 6.45) is 5.04. The van der Waals surface area contributed by atoms with Crippen molar-refractivity contribution in [1.29, 1.82) is 0 Å². The second-order valence-electron chi connectivity index (χ2n) is 5.06. The van der Waals surface area contributed by atoms with Crippen molar-refractivity contribution in [3.05, 3.63) is 28.8 Å². The predicted molar refractivity (Wildman–Crippen MR) is 76.5 cm³/mol. The van der Waals surface area contributed by atoms with E-state index in [9.17, 15) is 0 Å². The van der Waals surface area contributed by atoms with Gasteiger partial charge in [-0.1, -0.05) is 24.6 Å². The average molecular weight is 268 g/mol. The number of aryl methyl sites for hydroxylation is 1. The van der Waals surface area contributed by atoms with Crippen LogP contribution in [0.3, 0.4) is 0 Å². The highest BCUT2D eigenvalue weighted by atomic mass is 35.5. The molecule has 0 spiro atoms. The first-order valence-corrected chi connectivity index (χ1v) is 7.24. The monoisotopic (exact) mass is 267 g/mol. The van der Waals surface area contributed by atoms with E-state index in [1.54, 1.807) is 0 Å². The minimum Gasteiger partial charge on any atom is -0.488 e. The van der Waals surface area contributed by atoms with Crippen LogP contribution in [0, 0.1) is 6.92 Å². The molecule has 2 rings (SSSR count). The molecule has 0 aliphatic heterocycles. The quantitative estimate of drug-likeness (QED) is 0.872. The van der Waals surface area contributed by atoms with Gasteiger partial charge in [-0.15, -0.1) is 0 Å². The highest BCUT2D eigenvalue weighted by Crippen LogP contribution is 2.28. The molecule has 1 fully saturated rings. The van der Waals surface area contributed by atoms with Gasteiger partial charge in [0.2, 0.25) is 0 Å². The Labute approximate surface area is 115 Å². The Hall–Kier alpha value is -0.730. The van der Waals surface area contributed by atoms with Crippen LogP contribution in [0.2, 0.25) is 5.02 Å². The molecule has 18 heavy (non-hydrogen) atoms. The van der Waals surface area contributed by atoms with Crippen molar-refractivity contribution in [2.45, 2.75) is 51.7 Å². The summed E-state index contributed by atoms with van der Waals surface area (Å²) in [5.41, 5.74) is 1.15. The molecule has 0 saturated heterocycles. The minimum atomic E-state index is 0.286. The largest absolute Gasteiger partial charge is 0.488 e. The number of hydrogen-bond acceptors (Lipinski definition) is 2. The molecule has 0 radical (unpaired) electrons. The van der Waals surface area contributed by atoms with E-state index >= 15 is 0 Å². The number of hydrogen-bond donors (Lipinski definition) is 1. The van der Waals surface area contributed by atoms with Gasteiger partial charge in [0.15, 0.2) is 0 Å². The van der Waals surface area contributed by atoms with Crippen molar-refractivity contribution in [2.24, 2.45) is 0 Å². The zero-order valence-electron chi connectivity index (χ0n) is 11.2. The fraction of sp³-hybridized carbons (Fsp3) is 0.600. The maximum Gasteiger partial charge on any atom is 0.124 e. The first kappa shape index (κ1) is 13.7. The van der Waals surface area contributed by atoms with Crippen LogP contribution in [0.4, 0.5) is 0 Å². The standard InChI is InChI=1S/C15H22ClNO/c1-3-9-17-13-5-4-6-14(13)18-15-10-12(16)8-7-11(15)2/h7-8,10,13-14,17H,3-6,9H2,1-2H3. The van der Waals surface area contributed by atoms with E-state index in [0.29, 0.717) is 6.04 Å². The van der Waals surface area contributed by atoms with E-state index < -0.39 is 0 Å². The van der Waals surface area contributed by atoms with Crippen LogP contribution >= 0.6 is 11.6 Å². The van der Waals surface area contributed by atoms with Crippen LogP contribution in [0.1, 0.15) is 38.2 Å². The third-order valence-corrected chi connectivity index (χ3v) is 3.77. The lowest BCUT2D eigenvalue weighted by Gasteiger charge is -2.23. The molecule has 1 saturated carbocycles. The smallest absolute Gasteiger partial charge is 0.124 e. The van der Waals surface area contributed by atoms with E-state index in [2.05, 4.69) is 19.2 Å². The maximum atomic E-state index is 6.15. The molecule has 2 unspecified atom stereocenters. The number of ether oxygens (including phenoxy) is 1. The van der Waals surface area contributed by atoms with Gasteiger partial charge in [0.1, 0.15) is 11.9 Å². The van der Waals surface area contributed by atoms with Crippen molar-refractivity contribution in [2.75, 3.05) is 6.54 Å². The Kier molecular flexibility index (Phi) is 4.90. The molecule has 0 bridgehead atoms. The van der Waals surface area contributed by atoms with Crippen LogP contribution in [0.25, 0.3) is 0 Å². The van der Waals surface area contributed by atoms with E-state index in [1.807, 2.05) is 18.2 Å². The molecule has 0 heterocycles. The molecule has 2 atom stereocenters. The molecule has 1 aliphatic rings. The zero-order chi connectivity index (χ0) is 13.0. The van der Waals surface area contributed by atoms with Gasteiger partial charge >= 0.3 is 0 Å². The molecule has 3 heteroatoms. The van der Waals surface area contributed by atoms with E-state index in [4.69, 9.17) is 16.3 Å². The number of rotatable bonds is 5. The first-order valence-electron chi connectivity index (χ1n) is 6.87. The maximum absolute atomic E-state index is 6.15. The van der Waals surface area contributed by atoms with Gasteiger partial charge in [0.05, 0.1) is 0 Å². The van der Waals surface area contributed by atoms with Gasteiger partial charge in [-0.25, -0.2) is 0 Å². The third kappa shape index (κ3) is 3.39. The summed E-state index contributed by atoms with van der Waals surface area (Å²) in [4.78, 5) is 0. The van der Waals surface area contributed by atoms with Crippen LogP contribution in [-0.4, -0.2) is 18.7 Å². The predicted octanol–water partition coefficient (Wildman–Crippen LogP) is 3.95. The summed E-state index contributed by atoms with van der Waals surface area (Å²) in [5.74, 6) is 0.928. The lowest BCUT2D eigenvalue weighted by molar-refractivity contribution is 0.174. The Morgan fingerprint density at radius 3 is 3.00 bits per heavy atom. The molecular formula is C15H22ClNO. The van der Waals surface area contributed by atoms with Crippen LogP contribution < -0.4 is 10.1 Å². The number of halogens is 1. The minimum absolute atomic E-state index is 0.286. The lowest BCUT2D eigenvalue weighted by Crippen LogP contribution is -2.39. The second-order valence-corrected chi connectivity index (χ2v) is 5.49. The normalized spacial score (nSPS) is 23.3. The summed E-state index contributed by atoms with van der Waals surface area (Å²) >= 11 is 6.03. The Morgan fingerprint density at radius 2 is 2.22 bits per heavy atom. The van der Waals surface area contributed by atoms with Crippen molar-refractivity contribution in [3.63, 3.8) is 0 Å². The SMILES string of the molecule is CCCNC1CCCC1Oc1cc(Cl)ccc1C. The van der Waals surface area contributed by atoms with E-state index in [0.717, 1.165) is 29.3 Å². The van der Waals surface area contributed by atoms with Gasteiger partial charge in [-0.05, 0) is 56.8 Å². The molecule has 0 aromatic heterocycles. The zero-order valence-corrected chi connectivity index (χ0v) is 12.0. The Balaban J connectivity index is 2.01. The Bertz CT molecular complexity index is 394. The number of benzene rings is 1. The summed E-state index contributed by atoms with van der Waals surface area (Å²) in [6, 6.07) is 6.33. The van der Waals surface area contributed by atoms with Gasteiger partial charge in [0.25, 0.3) is 0 Å². The molecule has 2 nitrogen and oxygen atoms in total. The molecule has 100 valence electrons. The molecule has 1 aromatic rings. The summed E-state index contributed by atoms with van der Waals surface area (Å²) in [6.45, 7) is 5.33. The highest BCUT2D eigenvalue weighted by Gasteiger charge is 2.28. The molecule has 1 N–H and O–H groups in total. The van der Waals surface area contributed by atoms with Crippen LogP contribution in [-0.2, 0) is 0 Å². The number of nitrogens with one attached hydrogen (secondary N) is 1. The summed E-state index contributed by atoms with van der Waals surface area (Å²) < 4.78 is 6.15. The first-order chi connectivity index (χ1) is 8.70.